The number of ether oxygens (including phenoxy) is 2. The molecule has 1 heterocycles. The number of likely N-dealkylation sites (N-methyl/N-ethyl adjacent to an activating group) is 1. The fourth-order valence-corrected chi connectivity index (χ4v) is 5.20. The Hall–Kier alpha value is -0.880. The maximum atomic E-state index is 11.4. The number of nitrogens with zero attached hydrogens (tertiary/aromatic N) is 1. The van der Waals surface area contributed by atoms with Crippen molar-refractivity contribution in [2.45, 2.75) is 78.6 Å². The van der Waals surface area contributed by atoms with Gasteiger partial charge >= 0.3 is 29.6 Å². The van der Waals surface area contributed by atoms with Crippen LogP contribution in [0, 0.1) is 11.3 Å². The van der Waals surface area contributed by atoms with Crippen LogP contribution < -0.4 is 34.7 Å². The minimum absolute atomic E-state index is 0. The van der Waals surface area contributed by atoms with E-state index in [4.69, 9.17) is 9.47 Å². The zero-order valence-electron chi connectivity index (χ0n) is 22.9. The van der Waals surface area contributed by atoms with E-state index < -0.39 is 0 Å². The van der Waals surface area contributed by atoms with Gasteiger partial charge < -0.3 is 19.5 Å². The van der Waals surface area contributed by atoms with Crippen molar-refractivity contribution in [1.29, 1.82) is 0 Å². The predicted octanol–water partition coefficient (Wildman–Crippen LogP) is 3.50. The number of benzene rings is 2. The third-order valence-corrected chi connectivity index (χ3v) is 7.31. The summed E-state index contributed by atoms with van der Waals surface area (Å²) in [6.07, 6.45) is 6.10. The zero-order valence-corrected chi connectivity index (χ0v) is 24.9. The molecule has 1 spiro atoms. The molecule has 0 amide bonds. The van der Waals surface area contributed by atoms with Gasteiger partial charge in [-0.25, -0.2) is 0 Å². The normalized spacial score (nSPS) is 24.1. The van der Waals surface area contributed by atoms with Crippen molar-refractivity contribution in [3.8, 4) is 16.9 Å². The summed E-state index contributed by atoms with van der Waals surface area (Å²) in [5.74, 6) is 0.633. The minimum Gasteiger partial charge on any atom is -0.872 e. The van der Waals surface area contributed by atoms with Crippen LogP contribution in [0.5, 0.6) is 5.75 Å². The first-order valence-electron chi connectivity index (χ1n) is 13.1. The van der Waals surface area contributed by atoms with Gasteiger partial charge in [0, 0.05) is 19.4 Å². The summed E-state index contributed by atoms with van der Waals surface area (Å²) >= 11 is 0. The van der Waals surface area contributed by atoms with Crippen LogP contribution in [-0.4, -0.2) is 43.0 Å². The Kier molecular flexibility index (Phi) is 12.3. The molecule has 1 aliphatic heterocycles. The second-order valence-electron chi connectivity index (χ2n) is 10.9. The molecule has 0 radical (unpaired) electrons. The van der Waals surface area contributed by atoms with Gasteiger partial charge in [0.25, 0.3) is 0 Å². The number of hydrogen-bond acceptors (Lipinski definition) is 4. The Morgan fingerprint density at radius 3 is 2.17 bits per heavy atom. The molecule has 0 aromatic heterocycles. The van der Waals surface area contributed by atoms with E-state index in [1.807, 2.05) is 42.5 Å². The molecule has 1 aliphatic carbocycles. The Morgan fingerprint density at radius 2 is 1.60 bits per heavy atom. The van der Waals surface area contributed by atoms with Crippen molar-refractivity contribution in [2.75, 3.05) is 26.2 Å². The SMILES string of the molecule is CCCN(CC)CC1COC2(CCC(C(C)(C)C)CC2)O1.[Na+].[O-]c1ccccc1-c1ccccc1. The van der Waals surface area contributed by atoms with E-state index in [-0.39, 0.29) is 47.2 Å². The van der Waals surface area contributed by atoms with E-state index in [2.05, 4.69) is 39.5 Å². The van der Waals surface area contributed by atoms with Crippen LogP contribution in [0.25, 0.3) is 11.1 Å². The molecule has 1 saturated carbocycles. The van der Waals surface area contributed by atoms with Crippen LogP contribution in [-0.2, 0) is 9.47 Å². The van der Waals surface area contributed by atoms with Gasteiger partial charge in [-0.05, 0) is 54.8 Å². The summed E-state index contributed by atoms with van der Waals surface area (Å²) in [6.45, 7) is 15.6. The zero-order chi connectivity index (χ0) is 24.6. The van der Waals surface area contributed by atoms with E-state index >= 15 is 0 Å². The Bertz CT molecular complexity index is 859. The molecule has 2 fully saturated rings. The number of rotatable bonds is 6. The van der Waals surface area contributed by atoms with Crippen molar-refractivity contribution in [2.24, 2.45) is 11.3 Å². The smallest absolute Gasteiger partial charge is 0.872 e. The average Bonchev–Trinajstić information content (AvgIpc) is 3.21. The van der Waals surface area contributed by atoms with Gasteiger partial charge in [0.1, 0.15) is 0 Å². The van der Waals surface area contributed by atoms with E-state index in [1.54, 1.807) is 12.1 Å². The molecular weight excluding hydrogens is 445 g/mol. The van der Waals surface area contributed by atoms with E-state index in [9.17, 15) is 5.11 Å². The standard InChI is InChI=1S/C18H35NO2.C12H10O.Na/c1-6-12-19(7-2)13-16-14-20-18(21-16)10-8-15(9-11-18)17(3,4)5;13-12-9-5-4-8-11(12)10-6-2-1-3-7-10;/h15-16H,6-14H2,1-5H3;1-9,13H;/q;;+1/p-1. The van der Waals surface area contributed by atoms with E-state index in [0.29, 0.717) is 5.41 Å². The van der Waals surface area contributed by atoms with Crippen molar-refractivity contribution >= 4 is 0 Å². The molecule has 5 heteroatoms. The van der Waals surface area contributed by atoms with Crippen molar-refractivity contribution in [3.05, 3.63) is 54.6 Å². The predicted molar refractivity (Wildman–Crippen MR) is 139 cm³/mol. The van der Waals surface area contributed by atoms with Gasteiger partial charge in [-0.2, -0.15) is 0 Å². The number of para-hydroxylation sites is 1. The Morgan fingerprint density at radius 1 is 0.971 bits per heavy atom. The molecule has 1 saturated heterocycles. The molecule has 4 rings (SSSR count). The molecule has 4 nitrogen and oxygen atoms in total. The fourth-order valence-electron chi connectivity index (χ4n) is 5.20. The molecular formula is C30H44NNaO3. The molecule has 188 valence electrons. The van der Waals surface area contributed by atoms with Gasteiger partial charge in [0.15, 0.2) is 5.79 Å². The van der Waals surface area contributed by atoms with Crippen molar-refractivity contribution in [3.63, 3.8) is 0 Å². The summed E-state index contributed by atoms with van der Waals surface area (Å²) in [5.41, 5.74) is 2.16. The topological polar surface area (TPSA) is 44.8 Å². The molecule has 0 N–H and O–H groups in total. The maximum absolute atomic E-state index is 11.4. The Balaban J connectivity index is 0.000000265. The van der Waals surface area contributed by atoms with Crippen molar-refractivity contribution < 1.29 is 44.1 Å². The second-order valence-corrected chi connectivity index (χ2v) is 10.9. The van der Waals surface area contributed by atoms with Gasteiger partial charge in [-0.3, -0.25) is 0 Å². The van der Waals surface area contributed by atoms with Gasteiger partial charge in [0.2, 0.25) is 0 Å². The van der Waals surface area contributed by atoms with Crippen molar-refractivity contribution in [1.82, 2.24) is 4.90 Å². The van der Waals surface area contributed by atoms with Crippen LogP contribution >= 0.6 is 0 Å². The van der Waals surface area contributed by atoms with E-state index in [0.717, 1.165) is 56.1 Å². The summed E-state index contributed by atoms with van der Waals surface area (Å²) in [6, 6.07) is 16.8. The Labute approximate surface area is 235 Å². The first-order valence-corrected chi connectivity index (χ1v) is 13.1. The van der Waals surface area contributed by atoms with Crippen LogP contribution in [0.2, 0.25) is 0 Å². The van der Waals surface area contributed by atoms with E-state index in [1.165, 1.54) is 19.3 Å². The first kappa shape index (κ1) is 30.3. The van der Waals surface area contributed by atoms with Crippen LogP contribution in [0.15, 0.2) is 54.6 Å². The minimum atomic E-state index is -0.252. The van der Waals surface area contributed by atoms with Gasteiger partial charge in [0.05, 0.1) is 12.7 Å². The van der Waals surface area contributed by atoms with Crippen LogP contribution in [0.4, 0.5) is 0 Å². The first-order chi connectivity index (χ1) is 16.3. The number of hydrogen-bond donors (Lipinski definition) is 0. The molecule has 2 aromatic carbocycles. The molecule has 1 unspecified atom stereocenters. The molecule has 1 atom stereocenters. The van der Waals surface area contributed by atoms with Gasteiger partial charge in [-0.1, -0.05) is 89.2 Å². The molecule has 0 bridgehead atoms. The average molecular weight is 490 g/mol. The molecule has 2 aromatic rings. The third kappa shape index (κ3) is 8.87. The summed E-state index contributed by atoms with van der Waals surface area (Å²) in [4.78, 5) is 2.48. The molecule has 2 aliphatic rings. The second kappa shape index (κ2) is 14.2. The van der Waals surface area contributed by atoms with Crippen LogP contribution in [0.3, 0.4) is 0 Å². The fraction of sp³-hybridized carbons (Fsp3) is 0.600. The van der Waals surface area contributed by atoms with Crippen LogP contribution in [0.1, 0.15) is 66.7 Å². The third-order valence-electron chi connectivity index (χ3n) is 7.31. The summed E-state index contributed by atoms with van der Waals surface area (Å²) < 4.78 is 12.5. The largest absolute Gasteiger partial charge is 1.00 e. The summed E-state index contributed by atoms with van der Waals surface area (Å²) in [7, 11) is 0. The maximum Gasteiger partial charge on any atom is 1.00 e. The quantitative estimate of drug-likeness (QED) is 0.583. The van der Waals surface area contributed by atoms with Gasteiger partial charge in [-0.15, -0.1) is 5.75 Å². The summed E-state index contributed by atoms with van der Waals surface area (Å²) in [5, 5.41) is 11.4. The molecule has 35 heavy (non-hydrogen) atoms. The monoisotopic (exact) mass is 489 g/mol.